The Hall–Kier alpha value is -4.50. The molecular weight excluding hydrogens is 639 g/mol. The molecule has 1 aromatic heterocycles. The number of carbonyl (C=O) groups is 2. The van der Waals surface area contributed by atoms with E-state index in [-0.39, 0.29) is 35.5 Å². The summed E-state index contributed by atoms with van der Waals surface area (Å²) in [6, 6.07) is 29.6. The predicted molar refractivity (Wildman–Crippen MR) is 159 cm³/mol. The van der Waals surface area contributed by atoms with E-state index in [1.165, 1.54) is 0 Å². The normalized spacial score (nSPS) is 13.3. The fourth-order valence-corrected chi connectivity index (χ4v) is 5.11. The smallest absolute Gasteiger partial charge is 0.374 e. The number of nitrogens with zero attached hydrogens (tertiary/aromatic N) is 2. The van der Waals surface area contributed by atoms with Crippen molar-refractivity contribution in [2.45, 2.75) is 20.4 Å². The Morgan fingerprint density at radius 2 is 1.40 bits per heavy atom. The molecule has 6 nitrogen and oxygen atoms in total. The molecule has 0 spiro atoms. The van der Waals surface area contributed by atoms with E-state index in [0.717, 1.165) is 11.2 Å². The van der Waals surface area contributed by atoms with Crippen LogP contribution < -0.4 is 38.2 Å². The van der Waals surface area contributed by atoms with Gasteiger partial charge in [-0.3, -0.25) is 9.59 Å². The Morgan fingerprint density at radius 3 is 2.02 bits per heavy atom. The third kappa shape index (κ3) is 5.52. The van der Waals surface area contributed by atoms with Gasteiger partial charge in [-0.2, -0.15) is 4.57 Å². The van der Waals surface area contributed by atoms with E-state index in [1.54, 1.807) is 12.1 Å². The lowest BCUT2D eigenvalue weighted by Crippen LogP contribution is -3.00. The fourth-order valence-electron chi connectivity index (χ4n) is 5.11. The largest absolute Gasteiger partial charge is 1.00 e. The zero-order chi connectivity index (χ0) is 28.3. The van der Waals surface area contributed by atoms with Gasteiger partial charge in [-0.1, -0.05) is 60.7 Å². The van der Waals surface area contributed by atoms with Crippen molar-refractivity contribution in [3.63, 3.8) is 0 Å². The van der Waals surface area contributed by atoms with Crippen LogP contribution in [0.25, 0.3) is 17.2 Å². The highest BCUT2D eigenvalue weighted by molar-refractivity contribution is 6.10. The van der Waals surface area contributed by atoms with Crippen molar-refractivity contribution in [1.29, 1.82) is 0 Å². The van der Waals surface area contributed by atoms with E-state index in [9.17, 15) is 9.59 Å². The van der Waals surface area contributed by atoms with Crippen molar-refractivity contribution in [3.05, 3.63) is 143 Å². The van der Waals surface area contributed by atoms with Crippen LogP contribution in [0.5, 0.6) is 5.75 Å². The molecule has 0 unspecified atom stereocenters. The van der Waals surface area contributed by atoms with Gasteiger partial charge in [0.05, 0.1) is 11.8 Å². The van der Waals surface area contributed by atoms with E-state index in [2.05, 4.69) is 0 Å². The van der Waals surface area contributed by atoms with Crippen molar-refractivity contribution < 1.29 is 47.3 Å². The summed E-state index contributed by atoms with van der Waals surface area (Å²) in [5, 5.41) is 0. The highest BCUT2D eigenvalue weighted by Gasteiger charge is 2.26. The van der Waals surface area contributed by atoms with Crippen LogP contribution in [0.1, 0.15) is 51.6 Å². The summed E-state index contributed by atoms with van der Waals surface area (Å²) in [4.78, 5) is 28.0. The fraction of sp³-hybridized carbons (Fsp3) is 0.114. The number of oxazole rings is 1. The molecule has 42 heavy (non-hydrogen) atoms. The number of carbonyl (C=O) groups excluding carboxylic acids is 2. The standard InChI is InChI=1S/C35H29N2O4.HI/c1-3-36-28-22-26(34(38)24-12-7-5-8-13-24)18-20-30(28)40-32(36)16-11-17-33-37(4-2)29-23-27(19-21-31(29)41-33)35(39)25-14-9-6-10-15-25;/h5-23H,3-4H2,1-2H3;1H/q+1;/p-1. The molecule has 0 saturated heterocycles. The summed E-state index contributed by atoms with van der Waals surface area (Å²) < 4.78 is 14.3. The van der Waals surface area contributed by atoms with Crippen molar-refractivity contribution in [2.24, 2.45) is 0 Å². The van der Waals surface area contributed by atoms with Gasteiger partial charge in [-0.05, 0) is 56.3 Å². The Labute approximate surface area is 261 Å². The molecule has 1 aliphatic heterocycles. The number of hydrogen-bond donors (Lipinski definition) is 0. The number of anilines is 1. The molecule has 7 heteroatoms. The Bertz CT molecular complexity index is 1820. The molecule has 0 atom stereocenters. The Kier molecular flexibility index (Phi) is 8.68. The zero-order valence-corrected chi connectivity index (χ0v) is 25.4. The number of benzene rings is 4. The lowest BCUT2D eigenvalue weighted by molar-refractivity contribution is -0.674. The Balaban J connectivity index is 0.00000353. The number of ketones is 2. The van der Waals surface area contributed by atoms with Crippen LogP contribution in [-0.2, 0) is 6.54 Å². The van der Waals surface area contributed by atoms with Crippen molar-refractivity contribution in [3.8, 4) is 5.75 Å². The number of aromatic nitrogens is 1. The summed E-state index contributed by atoms with van der Waals surface area (Å²) in [6.07, 6.45) is 5.67. The molecule has 5 aromatic rings. The van der Waals surface area contributed by atoms with Crippen LogP contribution in [0.3, 0.4) is 0 Å². The minimum Gasteiger partial charge on any atom is -1.00 e. The second-order valence-electron chi connectivity index (χ2n) is 9.65. The minimum absolute atomic E-state index is 0. The van der Waals surface area contributed by atoms with E-state index in [0.29, 0.717) is 58.4 Å². The lowest BCUT2D eigenvalue weighted by atomic mass is 10.0. The maximum Gasteiger partial charge on any atom is 0.374 e. The first kappa shape index (κ1) is 29.0. The molecule has 2 heterocycles. The second-order valence-corrected chi connectivity index (χ2v) is 9.65. The van der Waals surface area contributed by atoms with Gasteiger partial charge in [0.15, 0.2) is 17.3 Å². The molecule has 0 radical (unpaired) electrons. The number of hydrogen-bond acceptors (Lipinski definition) is 5. The highest BCUT2D eigenvalue weighted by atomic mass is 127. The van der Waals surface area contributed by atoms with Crippen molar-refractivity contribution >= 4 is 34.4 Å². The van der Waals surface area contributed by atoms with Crippen LogP contribution in [0.4, 0.5) is 5.69 Å². The molecule has 0 N–H and O–H groups in total. The highest BCUT2D eigenvalue weighted by Crippen LogP contribution is 2.39. The topological polar surface area (TPSA) is 63.6 Å². The van der Waals surface area contributed by atoms with E-state index < -0.39 is 0 Å². The van der Waals surface area contributed by atoms with Crippen molar-refractivity contribution in [1.82, 2.24) is 0 Å². The number of rotatable bonds is 8. The first-order valence-electron chi connectivity index (χ1n) is 13.7. The molecule has 0 saturated carbocycles. The molecular formula is C35H29IN2O4. The van der Waals surface area contributed by atoms with E-state index in [1.807, 2.05) is 126 Å². The van der Waals surface area contributed by atoms with Crippen LogP contribution in [0, 0.1) is 0 Å². The van der Waals surface area contributed by atoms with Gasteiger partial charge < -0.3 is 38.0 Å². The SMILES string of the molecule is CCN1C(=CC=Cc2oc3ccc(C(=O)c4ccccc4)cc3[n+]2CC)Oc2ccc(C(=O)c3ccccc3)cc21.[I-]. The molecule has 1 aliphatic rings. The summed E-state index contributed by atoms with van der Waals surface area (Å²) in [5.41, 5.74) is 4.96. The van der Waals surface area contributed by atoms with E-state index in [4.69, 9.17) is 9.15 Å². The monoisotopic (exact) mass is 668 g/mol. The number of ether oxygens (including phenoxy) is 1. The summed E-state index contributed by atoms with van der Waals surface area (Å²) >= 11 is 0. The van der Waals surface area contributed by atoms with Gasteiger partial charge in [0.2, 0.25) is 11.5 Å². The van der Waals surface area contributed by atoms with Gasteiger partial charge in [-0.15, -0.1) is 0 Å². The Morgan fingerprint density at radius 1 is 0.786 bits per heavy atom. The number of aryl methyl sites for hydroxylation is 1. The third-order valence-corrected chi connectivity index (χ3v) is 7.17. The number of fused-ring (bicyclic) bond motifs is 2. The van der Waals surface area contributed by atoms with Gasteiger partial charge in [0, 0.05) is 34.9 Å². The van der Waals surface area contributed by atoms with Crippen LogP contribution in [-0.4, -0.2) is 18.1 Å². The first-order valence-corrected chi connectivity index (χ1v) is 13.7. The van der Waals surface area contributed by atoms with E-state index >= 15 is 0 Å². The molecule has 0 aliphatic carbocycles. The predicted octanol–water partition coefficient (Wildman–Crippen LogP) is 3.98. The van der Waals surface area contributed by atoms with Crippen LogP contribution in [0.2, 0.25) is 0 Å². The molecule has 6 rings (SSSR count). The average Bonchev–Trinajstić information content (AvgIpc) is 3.57. The maximum absolute atomic E-state index is 13.0. The summed E-state index contributed by atoms with van der Waals surface area (Å²) in [6.45, 7) is 5.43. The van der Waals surface area contributed by atoms with Gasteiger partial charge >= 0.3 is 5.89 Å². The van der Waals surface area contributed by atoms with Gasteiger partial charge in [0.25, 0.3) is 5.52 Å². The zero-order valence-electron chi connectivity index (χ0n) is 23.3. The summed E-state index contributed by atoms with van der Waals surface area (Å²) in [7, 11) is 0. The lowest BCUT2D eigenvalue weighted by Gasteiger charge is -2.15. The quantitative estimate of drug-likeness (QED) is 0.142. The van der Waals surface area contributed by atoms with Gasteiger partial charge in [-0.25, -0.2) is 0 Å². The second kappa shape index (κ2) is 12.6. The molecule has 0 bridgehead atoms. The number of halogens is 1. The molecule has 210 valence electrons. The van der Waals surface area contributed by atoms with Crippen molar-refractivity contribution in [2.75, 3.05) is 11.4 Å². The first-order chi connectivity index (χ1) is 20.1. The average molecular weight is 669 g/mol. The van der Waals surface area contributed by atoms with Crippen LogP contribution in [0.15, 0.2) is 120 Å². The molecule has 4 aromatic carbocycles. The third-order valence-electron chi connectivity index (χ3n) is 7.17. The molecule has 0 amide bonds. The summed E-state index contributed by atoms with van der Waals surface area (Å²) in [5.74, 6) is 1.99. The number of allylic oxidation sites excluding steroid dienone is 2. The maximum atomic E-state index is 13.0. The van der Waals surface area contributed by atoms with Gasteiger partial charge in [0.1, 0.15) is 6.54 Å². The minimum atomic E-state index is -0.0237. The van der Waals surface area contributed by atoms with Crippen LogP contribution >= 0.6 is 0 Å². The molecule has 0 fully saturated rings.